The summed E-state index contributed by atoms with van der Waals surface area (Å²) in [6.07, 6.45) is 0. The third-order valence-corrected chi connectivity index (χ3v) is 2.64. The molecule has 1 aromatic rings. The van der Waals surface area contributed by atoms with Gasteiger partial charge in [-0.15, -0.1) is 0 Å². The Morgan fingerprint density at radius 3 is 2.06 bits per heavy atom. The summed E-state index contributed by atoms with van der Waals surface area (Å²) in [4.78, 5) is 35.6. The zero-order valence-electron chi connectivity index (χ0n) is 8.79. The van der Waals surface area contributed by atoms with Crippen LogP contribution in [0.15, 0.2) is 24.3 Å². The van der Waals surface area contributed by atoms with Crippen molar-refractivity contribution in [3.8, 4) is 0 Å². The molecule has 0 fully saturated rings. The highest BCUT2D eigenvalue weighted by atomic mass is 16.3. The summed E-state index contributed by atoms with van der Waals surface area (Å²) in [5, 5.41) is 9.02. The van der Waals surface area contributed by atoms with Gasteiger partial charge >= 0.3 is 0 Å². The average Bonchev–Trinajstić information content (AvgIpc) is 2.56. The third kappa shape index (κ3) is 1.58. The minimum absolute atomic E-state index is 0.220. The van der Waals surface area contributed by atoms with Crippen LogP contribution in [0.5, 0.6) is 0 Å². The lowest BCUT2D eigenvalue weighted by Crippen LogP contribution is -2.49. The second-order valence-electron chi connectivity index (χ2n) is 3.63. The van der Waals surface area contributed by atoms with Gasteiger partial charge in [-0.3, -0.25) is 19.3 Å². The Morgan fingerprint density at radius 2 is 1.71 bits per heavy atom. The molecule has 6 nitrogen and oxygen atoms in total. The Labute approximate surface area is 96.6 Å². The zero-order chi connectivity index (χ0) is 12.6. The fraction of sp³-hybridized carbons (Fsp3) is 0.182. The Hall–Kier alpha value is -2.21. The summed E-state index contributed by atoms with van der Waals surface area (Å²) in [5.41, 5.74) is 5.48. The van der Waals surface area contributed by atoms with Gasteiger partial charge in [-0.25, -0.2) is 0 Å². The molecular weight excluding hydrogens is 224 g/mol. The number of aliphatic hydroxyl groups is 1. The second-order valence-corrected chi connectivity index (χ2v) is 3.63. The molecule has 0 aromatic heterocycles. The number of hydrogen-bond acceptors (Lipinski definition) is 4. The van der Waals surface area contributed by atoms with Gasteiger partial charge in [0, 0.05) is 0 Å². The standard InChI is InChI=1S/C11H10N2O4/c12-9(15)8(5-14)13-10(16)6-3-1-2-4-7(6)11(13)17/h1-4,8,14H,5H2,(H2,12,15). The topological polar surface area (TPSA) is 101 Å². The Morgan fingerprint density at radius 1 is 1.24 bits per heavy atom. The molecule has 1 unspecified atom stereocenters. The number of aliphatic hydroxyl groups excluding tert-OH is 1. The third-order valence-electron chi connectivity index (χ3n) is 2.64. The molecule has 0 bridgehead atoms. The number of carbonyl (C=O) groups excluding carboxylic acids is 3. The van der Waals surface area contributed by atoms with Gasteiger partial charge in [0.15, 0.2) is 0 Å². The highest BCUT2D eigenvalue weighted by molar-refractivity contribution is 6.22. The molecule has 0 saturated carbocycles. The number of hydrogen-bond donors (Lipinski definition) is 2. The number of nitrogens with two attached hydrogens (primary N) is 1. The maximum atomic E-state index is 11.9. The number of carbonyl (C=O) groups is 3. The van der Waals surface area contributed by atoms with Crippen LogP contribution < -0.4 is 5.73 Å². The molecule has 0 spiro atoms. The Kier molecular flexibility index (Phi) is 2.64. The minimum Gasteiger partial charge on any atom is -0.394 e. The van der Waals surface area contributed by atoms with E-state index in [4.69, 9.17) is 10.8 Å². The molecule has 1 heterocycles. The first-order valence-corrected chi connectivity index (χ1v) is 4.95. The van der Waals surface area contributed by atoms with E-state index >= 15 is 0 Å². The molecule has 2 rings (SSSR count). The maximum Gasteiger partial charge on any atom is 0.262 e. The summed E-state index contributed by atoms with van der Waals surface area (Å²) in [6.45, 7) is -0.680. The number of primary amides is 1. The normalized spacial score (nSPS) is 15.9. The van der Waals surface area contributed by atoms with E-state index in [2.05, 4.69) is 0 Å². The number of benzene rings is 1. The lowest BCUT2D eigenvalue weighted by molar-refractivity contribution is -0.122. The molecule has 88 valence electrons. The van der Waals surface area contributed by atoms with Crippen LogP contribution in [-0.4, -0.2) is 40.4 Å². The first-order chi connectivity index (χ1) is 8.07. The first kappa shape index (κ1) is 11.3. The molecule has 0 radical (unpaired) electrons. The summed E-state index contributed by atoms with van der Waals surface area (Å²) in [6, 6.07) is 4.90. The first-order valence-electron chi connectivity index (χ1n) is 4.95. The van der Waals surface area contributed by atoms with Gasteiger partial charge in [-0.05, 0) is 12.1 Å². The van der Waals surface area contributed by atoms with E-state index in [1.807, 2.05) is 0 Å². The zero-order valence-corrected chi connectivity index (χ0v) is 8.79. The lowest BCUT2D eigenvalue weighted by Gasteiger charge is -2.20. The van der Waals surface area contributed by atoms with Gasteiger partial charge in [-0.1, -0.05) is 12.1 Å². The quantitative estimate of drug-likeness (QED) is 0.664. The number of fused-ring (bicyclic) bond motifs is 1. The van der Waals surface area contributed by atoms with E-state index < -0.39 is 30.4 Å². The Balaban J connectivity index is 2.46. The lowest BCUT2D eigenvalue weighted by atomic mass is 10.1. The molecule has 1 aromatic carbocycles. The van der Waals surface area contributed by atoms with Gasteiger partial charge in [0.05, 0.1) is 17.7 Å². The summed E-state index contributed by atoms with van der Waals surface area (Å²) in [7, 11) is 0. The largest absolute Gasteiger partial charge is 0.394 e. The van der Waals surface area contributed by atoms with Gasteiger partial charge in [0.1, 0.15) is 6.04 Å². The van der Waals surface area contributed by atoms with Crippen LogP contribution in [0.4, 0.5) is 0 Å². The average molecular weight is 234 g/mol. The van der Waals surface area contributed by atoms with Crippen LogP contribution in [0.1, 0.15) is 20.7 Å². The SMILES string of the molecule is NC(=O)C(CO)N1C(=O)c2ccccc2C1=O. The maximum absolute atomic E-state index is 11.9. The highest BCUT2D eigenvalue weighted by Crippen LogP contribution is 2.24. The second kappa shape index (κ2) is 3.99. The van der Waals surface area contributed by atoms with Gasteiger partial charge in [-0.2, -0.15) is 0 Å². The summed E-state index contributed by atoms with van der Waals surface area (Å²) < 4.78 is 0. The summed E-state index contributed by atoms with van der Waals surface area (Å²) >= 11 is 0. The fourth-order valence-corrected chi connectivity index (χ4v) is 1.79. The number of amides is 3. The molecule has 0 aliphatic carbocycles. The molecule has 6 heteroatoms. The number of rotatable bonds is 3. The molecule has 0 saturated heterocycles. The molecule has 1 aliphatic heterocycles. The predicted octanol–water partition coefficient (Wildman–Crippen LogP) is -0.871. The molecular formula is C11H10N2O4. The Bertz CT molecular complexity index is 477. The molecule has 3 N–H and O–H groups in total. The van der Waals surface area contributed by atoms with E-state index in [1.54, 1.807) is 12.1 Å². The van der Waals surface area contributed by atoms with Crippen molar-refractivity contribution in [1.82, 2.24) is 4.90 Å². The van der Waals surface area contributed by atoms with Crippen molar-refractivity contribution in [3.63, 3.8) is 0 Å². The summed E-state index contributed by atoms with van der Waals surface area (Å²) in [5.74, 6) is -2.13. The van der Waals surface area contributed by atoms with Crippen LogP contribution in [0.25, 0.3) is 0 Å². The van der Waals surface area contributed by atoms with Crippen LogP contribution in [0.3, 0.4) is 0 Å². The molecule has 17 heavy (non-hydrogen) atoms. The van der Waals surface area contributed by atoms with Crippen LogP contribution in [0.2, 0.25) is 0 Å². The van der Waals surface area contributed by atoms with E-state index in [-0.39, 0.29) is 11.1 Å². The fourth-order valence-electron chi connectivity index (χ4n) is 1.79. The van der Waals surface area contributed by atoms with Crippen molar-refractivity contribution in [2.24, 2.45) is 5.73 Å². The van der Waals surface area contributed by atoms with Crippen LogP contribution in [-0.2, 0) is 4.79 Å². The smallest absolute Gasteiger partial charge is 0.262 e. The van der Waals surface area contributed by atoms with E-state index in [0.29, 0.717) is 4.90 Å². The van der Waals surface area contributed by atoms with Crippen molar-refractivity contribution in [1.29, 1.82) is 0 Å². The molecule has 3 amide bonds. The predicted molar refractivity (Wildman–Crippen MR) is 57.0 cm³/mol. The molecule has 1 aliphatic rings. The van der Waals surface area contributed by atoms with Crippen LogP contribution >= 0.6 is 0 Å². The van der Waals surface area contributed by atoms with E-state index in [1.165, 1.54) is 12.1 Å². The highest BCUT2D eigenvalue weighted by Gasteiger charge is 2.41. The van der Waals surface area contributed by atoms with Crippen LogP contribution in [0, 0.1) is 0 Å². The van der Waals surface area contributed by atoms with Crippen molar-refractivity contribution in [2.45, 2.75) is 6.04 Å². The number of imide groups is 1. The molecule has 1 atom stereocenters. The minimum atomic E-state index is -1.32. The van der Waals surface area contributed by atoms with Gasteiger partial charge in [0.25, 0.3) is 11.8 Å². The van der Waals surface area contributed by atoms with E-state index in [0.717, 1.165) is 0 Å². The van der Waals surface area contributed by atoms with Gasteiger partial charge < -0.3 is 10.8 Å². The van der Waals surface area contributed by atoms with Crippen molar-refractivity contribution >= 4 is 17.7 Å². The number of nitrogens with zero attached hydrogens (tertiary/aromatic N) is 1. The van der Waals surface area contributed by atoms with E-state index in [9.17, 15) is 14.4 Å². The van der Waals surface area contributed by atoms with Crippen molar-refractivity contribution < 1.29 is 19.5 Å². The van der Waals surface area contributed by atoms with Gasteiger partial charge in [0.2, 0.25) is 5.91 Å². The monoisotopic (exact) mass is 234 g/mol. The van der Waals surface area contributed by atoms with Crippen molar-refractivity contribution in [3.05, 3.63) is 35.4 Å². The van der Waals surface area contributed by atoms with Crippen molar-refractivity contribution in [2.75, 3.05) is 6.61 Å².